The Kier molecular flexibility index (Phi) is 6.75. The number of benzene rings is 2. The van der Waals surface area contributed by atoms with Crippen LogP contribution in [0.5, 0.6) is 0 Å². The molecule has 0 spiro atoms. The van der Waals surface area contributed by atoms with Crippen LogP contribution < -0.4 is 10.6 Å². The number of nitrogens with one attached hydrogen (secondary N) is 2. The number of anilines is 2. The van der Waals surface area contributed by atoms with Gasteiger partial charge in [0.2, 0.25) is 0 Å². The molecule has 5 nitrogen and oxygen atoms in total. The Morgan fingerprint density at radius 3 is 2.67 bits per heavy atom. The van der Waals surface area contributed by atoms with Crippen molar-refractivity contribution in [3.05, 3.63) is 56.3 Å². The predicted octanol–water partition coefficient (Wildman–Crippen LogP) is 7.06. The van der Waals surface area contributed by atoms with E-state index in [1.807, 2.05) is 6.07 Å². The van der Waals surface area contributed by atoms with Crippen LogP contribution in [-0.2, 0) is 10.9 Å². The number of nitrogens with zero attached hydrogens (tertiary/aromatic N) is 2. The fraction of sp³-hybridized carbons (Fsp3) is 0.391. The number of rotatable bonds is 5. The van der Waals surface area contributed by atoms with E-state index in [0.717, 1.165) is 18.2 Å². The Bertz CT molecular complexity index is 1200. The summed E-state index contributed by atoms with van der Waals surface area (Å²) in [6, 6.07) is 5.83. The molecule has 2 atom stereocenters. The van der Waals surface area contributed by atoms with Gasteiger partial charge in [0.25, 0.3) is 0 Å². The molecule has 0 amide bonds. The lowest BCUT2D eigenvalue weighted by molar-refractivity contribution is -0.138. The van der Waals surface area contributed by atoms with E-state index < -0.39 is 17.8 Å². The molecule has 0 radical (unpaired) electrons. The van der Waals surface area contributed by atoms with Crippen LogP contribution in [0.15, 0.2) is 28.7 Å². The van der Waals surface area contributed by atoms with Crippen molar-refractivity contribution in [3.63, 3.8) is 0 Å². The third-order valence-corrected chi connectivity index (χ3v) is 7.19. The van der Waals surface area contributed by atoms with E-state index >= 15 is 0 Å². The topological polar surface area (TPSA) is 59.1 Å². The van der Waals surface area contributed by atoms with Crippen molar-refractivity contribution in [1.82, 2.24) is 9.97 Å². The molecule has 1 saturated heterocycles. The molecule has 4 rings (SSSR count). The van der Waals surface area contributed by atoms with Gasteiger partial charge in [-0.3, -0.25) is 0 Å². The average molecular weight is 544 g/mol. The van der Waals surface area contributed by atoms with Crippen molar-refractivity contribution in [1.29, 1.82) is 0 Å². The van der Waals surface area contributed by atoms with Crippen LogP contribution in [0.4, 0.5) is 24.7 Å². The van der Waals surface area contributed by atoms with Crippen LogP contribution in [-0.4, -0.2) is 29.2 Å². The molecular formula is C23H23BrClF3N4O. The highest BCUT2D eigenvalue weighted by Crippen LogP contribution is 2.40. The molecule has 33 heavy (non-hydrogen) atoms. The van der Waals surface area contributed by atoms with Crippen LogP contribution in [0.1, 0.15) is 41.9 Å². The molecule has 1 fully saturated rings. The van der Waals surface area contributed by atoms with Gasteiger partial charge in [0.15, 0.2) is 0 Å². The maximum Gasteiger partial charge on any atom is 0.416 e. The molecule has 1 aliphatic heterocycles. The van der Waals surface area contributed by atoms with Crippen molar-refractivity contribution < 1.29 is 17.9 Å². The maximum atomic E-state index is 13.4. The first kappa shape index (κ1) is 24.0. The second-order valence-corrected chi connectivity index (χ2v) is 9.33. The van der Waals surface area contributed by atoms with Gasteiger partial charge in [-0.2, -0.15) is 13.2 Å². The molecule has 2 N–H and O–H groups in total. The second kappa shape index (κ2) is 9.27. The highest BCUT2D eigenvalue weighted by atomic mass is 79.9. The smallest absolute Gasteiger partial charge is 0.379 e. The summed E-state index contributed by atoms with van der Waals surface area (Å²) < 4.78 is 46.3. The minimum absolute atomic E-state index is 0.157. The summed E-state index contributed by atoms with van der Waals surface area (Å²) in [7, 11) is 0. The van der Waals surface area contributed by atoms with Gasteiger partial charge >= 0.3 is 6.18 Å². The van der Waals surface area contributed by atoms with Crippen LogP contribution in [0.2, 0.25) is 5.02 Å². The number of ether oxygens (including phenoxy) is 1. The molecular weight excluding hydrogens is 521 g/mol. The third-order valence-electron chi connectivity index (χ3n) is 5.77. The molecule has 0 bridgehead atoms. The van der Waals surface area contributed by atoms with E-state index in [-0.39, 0.29) is 11.6 Å². The van der Waals surface area contributed by atoms with E-state index in [0.29, 0.717) is 50.8 Å². The molecule has 1 unspecified atom stereocenters. The van der Waals surface area contributed by atoms with E-state index in [1.54, 1.807) is 19.9 Å². The molecule has 1 aliphatic rings. The zero-order valence-corrected chi connectivity index (χ0v) is 20.6. The van der Waals surface area contributed by atoms with Crippen LogP contribution in [0, 0.1) is 13.8 Å². The zero-order valence-electron chi connectivity index (χ0n) is 18.3. The van der Waals surface area contributed by atoms with Gasteiger partial charge in [0, 0.05) is 12.0 Å². The van der Waals surface area contributed by atoms with Crippen molar-refractivity contribution in [2.75, 3.05) is 23.8 Å². The Labute approximate surface area is 203 Å². The average Bonchev–Trinajstić information content (AvgIpc) is 3.25. The summed E-state index contributed by atoms with van der Waals surface area (Å²) in [4.78, 5) is 9.04. The molecule has 3 aromatic rings. The molecule has 0 aliphatic carbocycles. The highest BCUT2D eigenvalue weighted by molar-refractivity contribution is 9.10. The van der Waals surface area contributed by atoms with Gasteiger partial charge in [0.05, 0.1) is 45.0 Å². The number of alkyl halides is 3. The normalized spacial score (nSPS) is 17.4. The number of hydrogen-bond acceptors (Lipinski definition) is 5. The monoisotopic (exact) mass is 542 g/mol. The Morgan fingerprint density at radius 1 is 1.24 bits per heavy atom. The molecule has 176 valence electrons. The first-order valence-electron chi connectivity index (χ1n) is 10.5. The molecule has 0 saturated carbocycles. The van der Waals surface area contributed by atoms with Crippen molar-refractivity contribution in [3.8, 4) is 0 Å². The van der Waals surface area contributed by atoms with Gasteiger partial charge in [-0.1, -0.05) is 23.7 Å². The van der Waals surface area contributed by atoms with Crippen LogP contribution in [0.25, 0.3) is 10.9 Å². The van der Waals surface area contributed by atoms with Gasteiger partial charge in [-0.05, 0) is 66.4 Å². The second-order valence-electron chi connectivity index (χ2n) is 8.16. The van der Waals surface area contributed by atoms with E-state index in [4.69, 9.17) is 16.3 Å². The first-order chi connectivity index (χ1) is 15.6. The third kappa shape index (κ3) is 4.90. The van der Waals surface area contributed by atoms with Crippen LogP contribution >= 0.6 is 27.5 Å². The first-order valence-corrected chi connectivity index (χ1v) is 11.7. The zero-order chi connectivity index (χ0) is 23.9. The van der Waals surface area contributed by atoms with Gasteiger partial charge in [0.1, 0.15) is 11.6 Å². The lowest BCUT2D eigenvalue weighted by Crippen LogP contribution is -2.19. The fourth-order valence-corrected chi connectivity index (χ4v) is 4.77. The van der Waals surface area contributed by atoms with Crippen molar-refractivity contribution in [2.45, 2.75) is 45.5 Å². The summed E-state index contributed by atoms with van der Waals surface area (Å²) in [5.41, 5.74) is 1.42. The van der Waals surface area contributed by atoms with Crippen LogP contribution in [0.3, 0.4) is 0 Å². The summed E-state index contributed by atoms with van der Waals surface area (Å²) in [5, 5.41) is 7.83. The number of hydrogen-bond donors (Lipinski definition) is 2. The summed E-state index contributed by atoms with van der Waals surface area (Å²) in [6.07, 6.45) is -3.54. The number of aryl methyl sites for hydroxylation is 1. The SMILES string of the molecule is Cc1nc(N[C@H](C)c2cccc(C(F)(F)F)c2C)c2cc(NC3CCOC3)c(Br)c(Cl)c2n1. The molecule has 10 heteroatoms. The van der Waals surface area contributed by atoms with Gasteiger partial charge in [-0.15, -0.1) is 0 Å². The Hall–Kier alpha value is -2.10. The minimum atomic E-state index is -4.41. The largest absolute Gasteiger partial charge is 0.416 e. The fourth-order valence-electron chi connectivity index (χ4n) is 4.11. The van der Waals surface area contributed by atoms with E-state index in [1.165, 1.54) is 13.0 Å². The lowest BCUT2D eigenvalue weighted by Gasteiger charge is -2.22. The molecule has 1 aromatic heterocycles. The van der Waals surface area contributed by atoms with E-state index in [9.17, 15) is 13.2 Å². The summed E-state index contributed by atoms with van der Waals surface area (Å²) in [5.74, 6) is 0.999. The lowest BCUT2D eigenvalue weighted by atomic mass is 9.97. The number of halogens is 5. The van der Waals surface area contributed by atoms with Crippen molar-refractivity contribution in [2.24, 2.45) is 0 Å². The molecule has 2 aromatic carbocycles. The Balaban J connectivity index is 1.75. The minimum Gasteiger partial charge on any atom is -0.379 e. The summed E-state index contributed by atoms with van der Waals surface area (Å²) >= 11 is 10.2. The predicted molar refractivity (Wildman–Crippen MR) is 128 cm³/mol. The van der Waals surface area contributed by atoms with Gasteiger partial charge in [-0.25, -0.2) is 9.97 Å². The van der Waals surface area contributed by atoms with E-state index in [2.05, 4.69) is 36.5 Å². The highest BCUT2D eigenvalue weighted by Gasteiger charge is 2.33. The Morgan fingerprint density at radius 2 is 2.00 bits per heavy atom. The quantitative estimate of drug-likeness (QED) is 0.361. The summed E-state index contributed by atoms with van der Waals surface area (Å²) in [6.45, 7) is 6.33. The maximum absolute atomic E-state index is 13.4. The van der Waals surface area contributed by atoms with Gasteiger partial charge < -0.3 is 15.4 Å². The number of aromatic nitrogens is 2. The molecule has 2 heterocycles. The standard InChI is InChI=1S/C23H23BrClF3N4O/c1-11-15(5-4-6-17(11)23(26,27)28)12(2)29-22-16-9-18(32-14-7-8-33-10-14)19(24)20(25)21(16)30-13(3)31-22/h4-6,9,12,14,32H,7-8,10H2,1-3H3,(H,29,30,31)/t12-,14?/m1/s1. The van der Waals surface area contributed by atoms with Crippen molar-refractivity contribution >= 4 is 49.9 Å². The number of fused-ring (bicyclic) bond motifs is 1.